The molecule has 0 amide bonds. The Kier molecular flexibility index (Phi) is 4.64. The van der Waals surface area contributed by atoms with Crippen LogP contribution in [0.4, 0.5) is 0 Å². The molecule has 15 heavy (non-hydrogen) atoms. The molecule has 0 aromatic carbocycles. The third-order valence-electron chi connectivity index (χ3n) is 1.82. The number of nitrogens with zero attached hydrogens (tertiary/aromatic N) is 2. The Morgan fingerprint density at radius 1 is 1.47 bits per heavy atom. The van der Waals surface area contributed by atoms with E-state index in [1.165, 1.54) is 12.6 Å². The summed E-state index contributed by atoms with van der Waals surface area (Å²) in [5, 5.41) is 3.12. The second-order valence-electron chi connectivity index (χ2n) is 3.36. The maximum absolute atomic E-state index is 10.8. The van der Waals surface area contributed by atoms with E-state index >= 15 is 0 Å². The monoisotopic (exact) mass is 229 g/mol. The summed E-state index contributed by atoms with van der Waals surface area (Å²) in [6, 6.07) is 1.82. The lowest BCUT2D eigenvalue weighted by Crippen LogP contribution is -2.18. The quantitative estimate of drug-likeness (QED) is 0.695. The van der Waals surface area contributed by atoms with Gasteiger partial charge in [-0.25, -0.2) is 18.4 Å². The van der Waals surface area contributed by atoms with Crippen molar-refractivity contribution in [3.8, 4) is 0 Å². The van der Waals surface area contributed by atoms with E-state index in [2.05, 4.69) is 15.3 Å². The van der Waals surface area contributed by atoms with Gasteiger partial charge in [0.15, 0.2) is 0 Å². The van der Waals surface area contributed by atoms with Crippen LogP contribution in [-0.2, 0) is 16.4 Å². The molecule has 5 nitrogen and oxygen atoms in total. The average Bonchev–Trinajstić information content (AvgIpc) is 2.17. The molecule has 0 aliphatic rings. The van der Waals surface area contributed by atoms with Gasteiger partial charge in [0.1, 0.15) is 16.2 Å². The van der Waals surface area contributed by atoms with E-state index in [-0.39, 0.29) is 5.75 Å². The Morgan fingerprint density at radius 2 is 2.27 bits per heavy atom. The molecule has 1 N–H and O–H groups in total. The van der Waals surface area contributed by atoms with Crippen LogP contribution < -0.4 is 5.32 Å². The molecule has 0 atom stereocenters. The second kappa shape index (κ2) is 5.77. The van der Waals surface area contributed by atoms with E-state index in [1.807, 2.05) is 6.07 Å². The predicted octanol–water partition coefficient (Wildman–Crippen LogP) is 0.000900. The number of aromatic nitrogens is 2. The summed E-state index contributed by atoms with van der Waals surface area (Å²) in [4.78, 5) is 7.84. The minimum absolute atomic E-state index is 0.226. The molecule has 84 valence electrons. The van der Waals surface area contributed by atoms with Crippen LogP contribution in [0, 0.1) is 0 Å². The van der Waals surface area contributed by atoms with Gasteiger partial charge in [0.25, 0.3) is 0 Å². The average molecular weight is 229 g/mol. The van der Waals surface area contributed by atoms with E-state index in [4.69, 9.17) is 0 Å². The van der Waals surface area contributed by atoms with Crippen LogP contribution in [0.25, 0.3) is 0 Å². The van der Waals surface area contributed by atoms with Crippen LogP contribution in [-0.4, -0.2) is 36.9 Å². The van der Waals surface area contributed by atoms with Crippen molar-refractivity contribution < 1.29 is 8.42 Å². The number of nitrogens with one attached hydrogen (secondary N) is 1. The SMILES string of the molecule is CS(=O)(=O)CCCNCc1ccncn1. The molecule has 6 heteroatoms. The van der Waals surface area contributed by atoms with Gasteiger partial charge in [-0.15, -0.1) is 0 Å². The molecule has 0 unspecified atom stereocenters. The smallest absolute Gasteiger partial charge is 0.147 e. The Morgan fingerprint density at radius 3 is 2.87 bits per heavy atom. The molecule has 0 aliphatic heterocycles. The fourth-order valence-electron chi connectivity index (χ4n) is 1.10. The molecule has 0 fully saturated rings. The molecule has 0 radical (unpaired) electrons. The first kappa shape index (κ1) is 12.1. The van der Waals surface area contributed by atoms with E-state index in [0.29, 0.717) is 19.5 Å². The van der Waals surface area contributed by atoms with Crippen LogP contribution in [0.2, 0.25) is 0 Å². The zero-order valence-electron chi connectivity index (χ0n) is 8.68. The van der Waals surface area contributed by atoms with Crippen LogP contribution in [0.1, 0.15) is 12.1 Å². The molecular weight excluding hydrogens is 214 g/mol. The molecule has 1 rings (SSSR count). The number of sulfone groups is 1. The fourth-order valence-corrected chi connectivity index (χ4v) is 1.77. The molecule has 0 spiro atoms. The van der Waals surface area contributed by atoms with Crippen molar-refractivity contribution in [2.24, 2.45) is 0 Å². The fraction of sp³-hybridized carbons (Fsp3) is 0.556. The van der Waals surface area contributed by atoms with Crippen LogP contribution in [0.15, 0.2) is 18.6 Å². The minimum Gasteiger partial charge on any atom is -0.311 e. The lowest BCUT2D eigenvalue weighted by atomic mass is 10.4. The van der Waals surface area contributed by atoms with E-state index in [9.17, 15) is 8.42 Å². The van der Waals surface area contributed by atoms with Crippen LogP contribution >= 0.6 is 0 Å². The van der Waals surface area contributed by atoms with Crippen molar-refractivity contribution in [3.05, 3.63) is 24.3 Å². The molecule has 1 aromatic rings. The van der Waals surface area contributed by atoms with Gasteiger partial charge in [-0.1, -0.05) is 0 Å². The Bertz CT molecular complexity index is 378. The van der Waals surface area contributed by atoms with Gasteiger partial charge >= 0.3 is 0 Å². The summed E-state index contributed by atoms with van der Waals surface area (Å²) in [5.74, 6) is 0.226. The molecule has 0 saturated carbocycles. The first-order valence-corrected chi connectivity index (χ1v) is 6.77. The summed E-state index contributed by atoms with van der Waals surface area (Å²) in [6.07, 6.45) is 5.05. The first-order chi connectivity index (χ1) is 7.08. The first-order valence-electron chi connectivity index (χ1n) is 4.71. The zero-order chi connectivity index (χ0) is 11.1. The summed E-state index contributed by atoms with van der Waals surface area (Å²) in [5.41, 5.74) is 0.907. The van der Waals surface area contributed by atoms with Gasteiger partial charge in [0.05, 0.1) is 11.4 Å². The Hall–Kier alpha value is -1.01. The molecular formula is C9H15N3O2S. The number of hydrogen-bond acceptors (Lipinski definition) is 5. The highest BCUT2D eigenvalue weighted by molar-refractivity contribution is 7.90. The van der Waals surface area contributed by atoms with Crippen molar-refractivity contribution in [2.75, 3.05) is 18.6 Å². The molecule has 1 heterocycles. The van der Waals surface area contributed by atoms with E-state index in [0.717, 1.165) is 5.69 Å². The normalized spacial score (nSPS) is 11.5. The van der Waals surface area contributed by atoms with Crippen LogP contribution in [0.3, 0.4) is 0 Å². The largest absolute Gasteiger partial charge is 0.311 e. The standard InChI is InChI=1S/C9H15N3O2S/c1-15(13,14)6-2-4-10-7-9-3-5-11-8-12-9/h3,5,8,10H,2,4,6-7H2,1H3. The number of rotatable bonds is 6. The lowest BCUT2D eigenvalue weighted by Gasteiger charge is -2.02. The van der Waals surface area contributed by atoms with Crippen LogP contribution in [0.5, 0.6) is 0 Å². The van der Waals surface area contributed by atoms with Crippen molar-refractivity contribution in [1.29, 1.82) is 0 Å². The summed E-state index contributed by atoms with van der Waals surface area (Å²) >= 11 is 0. The summed E-state index contributed by atoms with van der Waals surface area (Å²) < 4.78 is 21.6. The van der Waals surface area contributed by atoms with Gasteiger partial charge in [0, 0.05) is 19.0 Å². The predicted molar refractivity (Wildman–Crippen MR) is 58.1 cm³/mol. The molecule has 0 aliphatic carbocycles. The van der Waals surface area contributed by atoms with Gasteiger partial charge in [-0.3, -0.25) is 0 Å². The summed E-state index contributed by atoms with van der Waals surface area (Å²) in [7, 11) is -2.83. The zero-order valence-corrected chi connectivity index (χ0v) is 9.50. The Balaban J connectivity index is 2.13. The minimum atomic E-state index is -2.83. The maximum atomic E-state index is 10.8. The van der Waals surface area contributed by atoms with Crippen molar-refractivity contribution in [2.45, 2.75) is 13.0 Å². The third-order valence-corrected chi connectivity index (χ3v) is 2.85. The highest BCUT2D eigenvalue weighted by atomic mass is 32.2. The highest BCUT2D eigenvalue weighted by Gasteiger charge is 2.00. The molecule has 0 saturated heterocycles. The van der Waals surface area contributed by atoms with Gasteiger partial charge in [-0.2, -0.15) is 0 Å². The topological polar surface area (TPSA) is 72.0 Å². The van der Waals surface area contributed by atoms with Crippen molar-refractivity contribution >= 4 is 9.84 Å². The highest BCUT2D eigenvalue weighted by Crippen LogP contribution is 1.91. The van der Waals surface area contributed by atoms with Gasteiger partial charge < -0.3 is 5.32 Å². The number of hydrogen-bond donors (Lipinski definition) is 1. The molecule has 0 bridgehead atoms. The Labute approximate surface area is 89.9 Å². The molecule has 1 aromatic heterocycles. The van der Waals surface area contributed by atoms with E-state index in [1.54, 1.807) is 6.20 Å². The van der Waals surface area contributed by atoms with E-state index < -0.39 is 9.84 Å². The van der Waals surface area contributed by atoms with Crippen molar-refractivity contribution in [1.82, 2.24) is 15.3 Å². The lowest BCUT2D eigenvalue weighted by molar-refractivity contribution is 0.593. The van der Waals surface area contributed by atoms with Gasteiger partial charge in [-0.05, 0) is 19.0 Å². The maximum Gasteiger partial charge on any atom is 0.147 e. The second-order valence-corrected chi connectivity index (χ2v) is 5.62. The third kappa shape index (κ3) is 6.14. The van der Waals surface area contributed by atoms with Crippen molar-refractivity contribution in [3.63, 3.8) is 0 Å². The summed E-state index contributed by atoms with van der Waals surface area (Å²) in [6.45, 7) is 1.32. The van der Waals surface area contributed by atoms with Gasteiger partial charge in [0.2, 0.25) is 0 Å².